The van der Waals surface area contributed by atoms with Crippen LogP contribution in [-0.4, -0.2) is 191 Å². The first-order chi connectivity index (χ1) is 52.4. The number of carboxylic acid groups (broad SMARTS) is 2. The van der Waals surface area contributed by atoms with Crippen LogP contribution in [0.25, 0.3) is 21.5 Å². The molecule has 6 aliphatic rings. The molecule has 29 nitrogen and oxygen atoms in total. The first-order valence-electron chi connectivity index (χ1n) is 37.1. The van der Waals surface area contributed by atoms with Gasteiger partial charge in [-0.1, -0.05) is 161 Å². The topological polar surface area (TPSA) is 382 Å². The van der Waals surface area contributed by atoms with Crippen molar-refractivity contribution in [3.05, 3.63) is 179 Å². The number of aliphatic carboxylic acids is 2. The lowest BCUT2D eigenvalue weighted by Crippen LogP contribution is -2.60. The molecule has 8 heterocycles. The second-order valence-corrected chi connectivity index (χ2v) is 31.1. The fourth-order valence-corrected chi connectivity index (χ4v) is 14.1. The molecule has 29 heteroatoms. The SMILES string of the molecule is CN[C@@H](C)C(=O)N[C@H](C(=O)N1C[C@@H]2C[C@H]1C(=O)N[C@@H](Cc1ccc3ccccc3c1)C(=O)C[C@H](C(=O)O)Cc1ccc(cc1)OCc1cn(nn1)[C@H]1C[C@@H](C(=O)N[C@@H](Cc3ccc4ccccc4c3)C(=O)N[C@H](C(=O)O)Cc3ccc(cc3)OCc3cn2nn3)N(C(=O)[C@@H](NC(=O)[C@H](C)NC)C(C)(C)C)C1)C(C)(C)C. The Morgan fingerprint density at radius 2 is 0.936 bits per heavy atom. The third-order valence-corrected chi connectivity index (χ3v) is 20.8. The number of likely N-dealkylation sites (tertiary alicyclic amines) is 2. The lowest BCUT2D eigenvalue weighted by Gasteiger charge is -2.36. The molecule has 0 aliphatic carbocycles. The number of nitrogens with zero attached hydrogens (tertiary/aromatic N) is 8. The number of carbonyl (C=O) groups excluding carboxylic acids is 8. The molecule has 8 aromatic rings. The van der Waals surface area contributed by atoms with Gasteiger partial charge in [0.1, 0.15) is 72.4 Å². The Morgan fingerprint density at radius 3 is 1.35 bits per heavy atom. The van der Waals surface area contributed by atoms with E-state index in [0.717, 1.165) is 21.5 Å². The lowest BCUT2D eigenvalue weighted by molar-refractivity contribution is -0.145. The number of Topliss-reactive ketones (excluding diaryl/α,β-unsaturated/α-hetero) is 1. The van der Waals surface area contributed by atoms with Gasteiger partial charge in [0.05, 0.1) is 48.5 Å². The van der Waals surface area contributed by atoms with Crippen molar-refractivity contribution in [1.29, 1.82) is 0 Å². The van der Waals surface area contributed by atoms with Gasteiger partial charge in [0, 0.05) is 45.2 Å². The molecular formula is C81H97N15O14. The third-order valence-electron chi connectivity index (χ3n) is 20.8. The zero-order chi connectivity index (χ0) is 78.9. The van der Waals surface area contributed by atoms with E-state index in [2.05, 4.69) is 57.8 Å². The van der Waals surface area contributed by atoms with Gasteiger partial charge in [0.15, 0.2) is 5.78 Å². The first kappa shape index (κ1) is 79.6. The normalized spacial score (nSPS) is 21.7. The van der Waals surface area contributed by atoms with Crippen LogP contribution in [-0.2, 0) is 86.8 Å². The summed E-state index contributed by atoms with van der Waals surface area (Å²) in [5, 5.41) is 63.0. The van der Waals surface area contributed by atoms with Crippen molar-refractivity contribution in [2.45, 2.75) is 180 Å². The maximum atomic E-state index is 15.3. The van der Waals surface area contributed by atoms with Crippen molar-refractivity contribution in [3.8, 4) is 11.5 Å². The quantitative estimate of drug-likeness (QED) is 0.0660. The maximum absolute atomic E-state index is 15.3. The second kappa shape index (κ2) is 34.4. The van der Waals surface area contributed by atoms with Gasteiger partial charge in [-0.25, -0.2) is 14.2 Å². The van der Waals surface area contributed by atoms with Crippen LogP contribution in [0.2, 0.25) is 0 Å². The van der Waals surface area contributed by atoms with E-state index in [4.69, 9.17) is 9.47 Å². The van der Waals surface area contributed by atoms with Gasteiger partial charge in [-0.05, 0) is 120 Å². The van der Waals surface area contributed by atoms with Crippen LogP contribution in [0.4, 0.5) is 0 Å². The fraction of sp³-hybridized carbons (Fsp3) is 0.432. The first-order valence-corrected chi connectivity index (χ1v) is 37.1. The summed E-state index contributed by atoms with van der Waals surface area (Å²) in [7, 11) is 3.23. The Labute approximate surface area is 637 Å². The largest absolute Gasteiger partial charge is 0.487 e. The molecule has 12 bridgehead atoms. The number of benzene rings is 6. The molecule has 0 radical (unpaired) electrons. The molecule has 2 fully saturated rings. The fourth-order valence-electron chi connectivity index (χ4n) is 14.1. The number of ether oxygens (including phenoxy) is 2. The number of carbonyl (C=O) groups is 10. The summed E-state index contributed by atoms with van der Waals surface area (Å²) in [6, 6.07) is 27.9. The van der Waals surface area contributed by atoms with E-state index in [1.807, 2.05) is 84.9 Å². The van der Waals surface area contributed by atoms with E-state index in [9.17, 15) is 34.2 Å². The molecule has 6 aliphatic heterocycles. The van der Waals surface area contributed by atoms with Crippen molar-refractivity contribution in [2.24, 2.45) is 16.7 Å². The van der Waals surface area contributed by atoms with Crippen LogP contribution in [0, 0.1) is 16.7 Å². The van der Waals surface area contributed by atoms with Crippen molar-refractivity contribution >= 4 is 80.6 Å². The number of ketones is 1. The Morgan fingerprint density at radius 1 is 0.518 bits per heavy atom. The molecule has 7 amide bonds. The van der Waals surface area contributed by atoms with Gasteiger partial charge in [-0.2, -0.15) is 0 Å². The van der Waals surface area contributed by atoms with E-state index in [-0.39, 0.29) is 64.8 Å². The lowest BCUT2D eigenvalue weighted by atomic mass is 9.85. The molecule has 14 rings (SSSR count). The molecule has 0 unspecified atom stereocenters. The molecule has 9 N–H and O–H groups in total. The molecular weight excluding hydrogens is 1410 g/mol. The van der Waals surface area contributed by atoms with Crippen LogP contribution < -0.4 is 46.7 Å². The van der Waals surface area contributed by atoms with Crippen LogP contribution in [0.3, 0.4) is 0 Å². The number of aromatic nitrogens is 6. The molecule has 0 saturated carbocycles. The van der Waals surface area contributed by atoms with Crippen LogP contribution >= 0.6 is 0 Å². The summed E-state index contributed by atoms with van der Waals surface area (Å²) >= 11 is 0. The average Bonchev–Trinajstić information content (AvgIpc) is 1.61. The van der Waals surface area contributed by atoms with Gasteiger partial charge < -0.3 is 66.7 Å². The Kier molecular flexibility index (Phi) is 24.9. The highest BCUT2D eigenvalue weighted by atomic mass is 16.5. The van der Waals surface area contributed by atoms with E-state index < -0.39 is 149 Å². The minimum Gasteiger partial charge on any atom is -0.487 e. The number of carboxylic acids is 2. The summed E-state index contributed by atoms with van der Waals surface area (Å²) in [5.41, 5.74) is 1.30. The van der Waals surface area contributed by atoms with E-state index in [1.165, 1.54) is 19.2 Å². The second-order valence-electron chi connectivity index (χ2n) is 31.1. The number of nitrogens with one attached hydrogen (secondary N) is 7. The number of amides is 7. The van der Waals surface area contributed by atoms with Crippen molar-refractivity contribution < 1.29 is 67.6 Å². The molecule has 2 aromatic heterocycles. The number of fused-ring (bicyclic) bond motifs is 2. The van der Waals surface area contributed by atoms with E-state index in [0.29, 0.717) is 45.1 Å². The standard InChI is InChI=1S/C81H97N15O14/c1-46(82-9)71(98)87-69(80(3,4)5)76(103)93-42-59-38-66(93)74(101)84-63(35-50-19-25-52-15-11-13-17-54(52)32-50)68(97)37-56(78(105)106)31-48-21-27-61(28-22-48)109-44-57-41-96(92-89-57)60-39-67(94(43-60)77(104)70(81(6,7)8)88-72(99)47(2)83-10)75(102)85-64(36-51-20-26-53-16-12-14-18-55(53)33-51)73(100)86-65(79(107)108)34-49-23-29-62(30-24-49)110-45-58-40-95(59)91-90-58/h11-30,32-33,40-41,46-47,56,59-60,63-67,69-70,82-83H,31,34-39,42-45H2,1-10H3,(H,84,101)(H,85,102)(H,86,100)(H,87,98)(H,88,99)(H,105,106)(H,107,108)/t46-,47-,56+,59-,60-,63-,64-,65-,66-,67-,69+,70+/m0/s1. The minimum atomic E-state index is -1.51. The average molecular weight is 1500 g/mol. The maximum Gasteiger partial charge on any atom is 0.326 e. The van der Waals surface area contributed by atoms with Gasteiger partial charge >= 0.3 is 11.9 Å². The van der Waals surface area contributed by atoms with E-state index in [1.54, 1.807) is 130 Å². The number of rotatable bonds is 14. The Hall–Kier alpha value is -11.5. The van der Waals surface area contributed by atoms with Gasteiger partial charge in [-0.15, -0.1) is 10.2 Å². The predicted molar refractivity (Wildman–Crippen MR) is 407 cm³/mol. The van der Waals surface area contributed by atoms with Crippen LogP contribution in [0.5, 0.6) is 11.5 Å². The van der Waals surface area contributed by atoms with Crippen molar-refractivity contribution in [3.63, 3.8) is 0 Å². The summed E-state index contributed by atoms with van der Waals surface area (Å²) in [6.07, 6.45) is 2.26. The summed E-state index contributed by atoms with van der Waals surface area (Å²) in [4.78, 5) is 147. The van der Waals surface area contributed by atoms with Gasteiger partial charge in [0.2, 0.25) is 41.4 Å². The molecule has 110 heavy (non-hydrogen) atoms. The van der Waals surface area contributed by atoms with Crippen LogP contribution in [0.15, 0.2) is 146 Å². The minimum absolute atomic E-state index is 0.0211. The summed E-state index contributed by atoms with van der Waals surface area (Å²) in [5.74, 6) is -8.03. The number of likely N-dealkylation sites (N-methyl/N-ethyl adjacent to an activating group) is 2. The third kappa shape index (κ3) is 19.5. The monoisotopic (exact) mass is 1500 g/mol. The van der Waals surface area contributed by atoms with Gasteiger partial charge in [0.25, 0.3) is 0 Å². The van der Waals surface area contributed by atoms with Gasteiger partial charge in [-0.3, -0.25) is 43.2 Å². The molecule has 12 atom stereocenters. The molecule has 580 valence electrons. The highest BCUT2D eigenvalue weighted by molar-refractivity contribution is 5.99. The zero-order valence-corrected chi connectivity index (χ0v) is 63.4. The predicted octanol–water partition coefficient (Wildman–Crippen LogP) is 5.38. The number of hydrogen-bond donors (Lipinski definition) is 9. The van der Waals surface area contributed by atoms with Crippen molar-refractivity contribution in [1.82, 2.24) is 77.0 Å². The van der Waals surface area contributed by atoms with Crippen LogP contribution in [0.1, 0.15) is 120 Å². The van der Waals surface area contributed by atoms with Crippen molar-refractivity contribution in [2.75, 3.05) is 27.2 Å². The Balaban J connectivity index is 0.922. The van der Waals surface area contributed by atoms with E-state index >= 15 is 24.0 Å². The summed E-state index contributed by atoms with van der Waals surface area (Å²) in [6.45, 7) is 13.6. The zero-order valence-electron chi connectivity index (χ0n) is 63.4. The highest BCUT2D eigenvalue weighted by Crippen LogP contribution is 2.35. The summed E-state index contributed by atoms with van der Waals surface area (Å²) < 4.78 is 15.4. The Bertz CT molecular complexity index is 4410. The highest BCUT2D eigenvalue weighted by Gasteiger charge is 2.49. The molecule has 2 saturated heterocycles. The molecule has 0 spiro atoms. The smallest absolute Gasteiger partial charge is 0.326 e. The number of hydrogen-bond acceptors (Lipinski definition) is 18. The molecule has 6 aromatic carbocycles.